The second-order valence-corrected chi connectivity index (χ2v) is 3.27. The van der Waals surface area contributed by atoms with Crippen LogP contribution in [0.1, 0.15) is 20.3 Å². The van der Waals surface area contributed by atoms with E-state index in [0.29, 0.717) is 0 Å². The van der Waals surface area contributed by atoms with Crippen molar-refractivity contribution in [2.75, 3.05) is 17.5 Å². The van der Waals surface area contributed by atoms with E-state index >= 15 is 0 Å². The fourth-order valence-electron chi connectivity index (χ4n) is 0.799. The maximum Gasteiger partial charge on any atom is 0.219 e. The zero-order chi connectivity index (χ0) is 7.98. The van der Waals surface area contributed by atoms with E-state index < -0.39 is 0 Å². The van der Waals surface area contributed by atoms with E-state index in [2.05, 4.69) is 29.5 Å². The molecule has 0 saturated carbocycles. The van der Waals surface area contributed by atoms with Gasteiger partial charge in [-0.2, -0.15) is 0 Å². The van der Waals surface area contributed by atoms with Gasteiger partial charge in [0.15, 0.2) is 0 Å². The molecular formula is C7H14INO. The summed E-state index contributed by atoms with van der Waals surface area (Å²) >= 11 is 2.28. The average Bonchev–Trinajstić information content (AvgIpc) is 1.87. The Morgan fingerprint density at radius 1 is 1.50 bits per heavy atom. The Morgan fingerprint density at radius 2 is 2.10 bits per heavy atom. The minimum atomic E-state index is 0.193. The van der Waals surface area contributed by atoms with Crippen LogP contribution in [0.5, 0.6) is 0 Å². The zero-order valence-corrected chi connectivity index (χ0v) is 8.72. The van der Waals surface area contributed by atoms with Crippen LogP contribution in [-0.4, -0.2) is 28.3 Å². The lowest BCUT2D eigenvalue weighted by Crippen LogP contribution is -2.31. The molecule has 0 aromatic rings. The van der Waals surface area contributed by atoms with Crippen molar-refractivity contribution in [3.05, 3.63) is 0 Å². The van der Waals surface area contributed by atoms with Crippen molar-refractivity contribution in [3.8, 4) is 0 Å². The minimum Gasteiger partial charge on any atom is -0.342 e. The van der Waals surface area contributed by atoms with E-state index in [4.69, 9.17) is 0 Å². The van der Waals surface area contributed by atoms with Crippen molar-refractivity contribution in [2.24, 2.45) is 0 Å². The molecule has 0 bridgehead atoms. The Hall–Kier alpha value is 0.200. The van der Waals surface area contributed by atoms with E-state index in [9.17, 15) is 4.79 Å². The van der Waals surface area contributed by atoms with Crippen LogP contribution in [-0.2, 0) is 4.79 Å². The molecule has 0 aliphatic carbocycles. The second-order valence-electron chi connectivity index (χ2n) is 2.20. The quantitative estimate of drug-likeness (QED) is 0.553. The highest BCUT2D eigenvalue weighted by molar-refractivity contribution is 14.1. The number of alkyl halides is 1. The fourth-order valence-corrected chi connectivity index (χ4v) is 1.38. The molecule has 0 saturated heterocycles. The predicted molar refractivity (Wildman–Crippen MR) is 51.4 cm³/mol. The Morgan fingerprint density at radius 3 is 2.40 bits per heavy atom. The third-order valence-electron chi connectivity index (χ3n) is 1.29. The largest absolute Gasteiger partial charge is 0.342 e. The third-order valence-corrected chi connectivity index (χ3v) is 1.78. The van der Waals surface area contributed by atoms with Gasteiger partial charge in [-0.25, -0.2) is 0 Å². The number of rotatable bonds is 4. The molecule has 0 fully saturated rings. The number of carbonyl (C=O) groups is 1. The molecule has 2 nitrogen and oxygen atoms in total. The van der Waals surface area contributed by atoms with Crippen molar-refractivity contribution < 1.29 is 4.79 Å². The monoisotopic (exact) mass is 255 g/mol. The number of amides is 1. The number of carbonyl (C=O) groups excluding carboxylic acids is 1. The first-order valence-corrected chi connectivity index (χ1v) is 5.06. The van der Waals surface area contributed by atoms with Gasteiger partial charge in [-0.15, -0.1) is 0 Å². The van der Waals surface area contributed by atoms with Crippen LogP contribution < -0.4 is 0 Å². The lowest BCUT2D eigenvalue weighted by atomic mass is 10.4. The molecule has 0 unspecified atom stereocenters. The van der Waals surface area contributed by atoms with Crippen LogP contribution in [0.4, 0.5) is 0 Å². The summed E-state index contributed by atoms with van der Waals surface area (Å²) in [6, 6.07) is 0. The molecular weight excluding hydrogens is 241 g/mol. The normalized spacial score (nSPS) is 9.50. The van der Waals surface area contributed by atoms with Crippen molar-refractivity contribution in [2.45, 2.75) is 20.3 Å². The standard InChI is InChI=1S/C7H14INO/c1-3-5-9(6-4-8)7(2)10/h3-6H2,1-2H3. The highest BCUT2D eigenvalue weighted by Crippen LogP contribution is 1.94. The van der Waals surface area contributed by atoms with Gasteiger partial charge in [0.25, 0.3) is 0 Å². The third kappa shape index (κ3) is 4.09. The molecule has 0 rings (SSSR count). The maximum absolute atomic E-state index is 10.8. The van der Waals surface area contributed by atoms with Crippen LogP contribution in [0.15, 0.2) is 0 Å². The molecule has 0 aliphatic heterocycles. The fraction of sp³-hybridized carbons (Fsp3) is 0.857. The minimum absolute atomic E-state index is 0.193. The molecule has 60 valence electrons. The van der Waals surface area contributed by atoms with Gasteiger partial charge >= 0.3 is 0 Å². The van der Waals surface area contributed by atoms with Gasteiger partial charge < -0.3 is 4.90 Å². The first kappa shape index (κ1) is 10.2. The van der Waals surface area contributed by atoms with Crippen LogP contribution >= 0.6 is 22.6 Å². The first-order chi connectivity index (χ1) is 4.72. The van der Waals surface area contributed by atoms with Crippen LogP contribution in [0.25, 0.3) is 0 Å². The van der Waals surface area contributed by atoms with Crippen LogP contribution in [0, 0.1) is 0 Å². The molecule has 0 heterocycles. The van der Waals surface area contributed by atoms with Gasteiger partial charge in [0.05, 0.1) is 0 Å². The van der Waals surface area contributed by atoms with Crippen molar-refractivity contribution in [1.29, 1.82) is 0 Å². The summed E-state index contributed by atoms with van der Waals surface area (Å²) in [5.74, 6) is 0.193. The summed E-state index contributed by atoms with van der Waals surface area (Å²) in [5.41, 5.74) is 0. The molecule has 0 aliphatic rings. The summed E-state index contributed by atoms with van der Waals surface area (Å²) in [6.45, 7) is 5.51. The molecule has 0 atom stereocenters. The molecule has 0 aromatic carbocycles. The smallest absolute Gasteiger partial charge is 0.219 e. The Labute approximate surface area is 76.1 Å². The van der Waals surface area contributed by atoms with E-state index in [1.54, 1.807) is 6.92 Å². The zero-order valence-electron chi connectivity index (χ0n) is 6.56. The number of hydrogen-bond acceptors (Lipinski definition) is 1. The molecule has 0 radical (unpaired) electrons. The highest BCUT2D eigenvalue weighted by Gasteiger charge is 2.04. The van der Waals surface area contributed by atoms with Crippen LogP contribution in [0.2, 0.25) is 0 Å². The predicted octanol–water partition coefficient (Wildman–Crippen LogP) is 1.68. The number of nitrogens with zero attached hydrogens (tertiary/aromatic N) is 1. The molecule has 1 amide bonds. The van der Waals surface area contributed by atoms with E-state index in [-0.39, 0.29) is 5.91 Å². The van der Waals surface area contributed by atoms with Gasteiger partial charge in [-0.3, -0.25) is 4.79 Å². The summed E-state index contributed by atoms with van der Waals surface area (Å²) < 4.78 is 1.03. The lowest BCUT2D eigenvalue weighted by Gasteiger charge is -2.18. The number of halogens is 1. The molecule has 3 heteroatoms. The summed E-state index contributed by atoms with van der Waals surface area (Å²) in [6.07, 6.45) is 1.05. The number of hydrogen-bond donors (Lipinski definition) is 0. The maximum atomic E-state index is 10.8. The van der Waals surface area contributed by atoms with Crippen molar-refractivity contribution in [3.63, 3.8) is 0 Å². The lowest BCUT2D eigenvalue weighted by molar-refractivity contribution is -0.128. The summed E-state index contributed by atoms with van der Waals surface area (Å²) in [5, 5.41) is 0. The summed E-state index contributed by atoms with van der Waals surface area (Å²) in [7, 11) is 0. The Kier molecular flexibility index (Phi) is 6.06. The topological polar surface area (TPSA) is 20.3 Å². The van der Waals surface area contributed by atoms with Gasteiger partial charge in [0.1, 0.15) is 0 Å². The average molecular weight is 255 g/mol. The van der Waals surface area contributed by atoms with E-state index in [1.807, 2.05) is 4.90 Å². The Balaban J connectivity index is 3.61. The second kappa shape index (κ2) is 5.95. The van der Waals surface area contributed by atoms with E-state index in [1.165, 1.54) is 0 Å². The van der Waals surface area contributed by atoms with Crippen LogP contribution in [0.3, 0.4) is 0 Å². The van der Waals surface area contributed by atoms with Gasteiger partial charge in [0.2, 0.25) is 5.91 Å². The molecule has 0 spiro atoms. The highest BCUT2D eigenvalue weighted by atomic mass is 127. The van der Waals surface area contributed by atoms with E-state index in [0.717, 1.165) is 23.9 Å². The van der Waals surface area contributed by atoms with Gasteiger partial charge in [-0.05, 0) is 6.42 Å². The summed E-state index contributed by atoms with van der Waals surface area (Å²) in [4.78, 5) is 12.7. The molecule has 0 aromatic heterocycles. The van der Waals surface area contributed by atoms with Crippen molar-refractivity contribution >= 4 is 28.5 Å². The Bertz CT molecular complexity index is 99.8. The van der Waals surface area contributed by atoms with Gasteiger partial charge in [-0.1, -0.05) is 29.5 Å². The first-order valence-electron chi connectivity index (χ1n) is 3.53. The molecule has 0 N–H and O–H groups in total. The SMILES string of the molecule is CCCN(CCI)C(C)=O. The van der Waals surface area contributed by atoms with Gasteiger partial charge in [0, 0.05) is 24.4 Å². The van der Waals surface area contributed by atoms with Crippen molar-refractivity contribution in [1.82, 2.24) is 4.90 Å². The molecule has 10 heavy (non-hydrogen) atoms.